The number of nitrogens with zero attached hydrogens (tertiary/aromatic N) is 2. The molecular weight excluding hydrogens is 275 g/mol. The van der Waals surface area contributed by atoms with Gasteiger partial charge in [0, 0.05) is 36.1 Å². The summed E-state index contributed by atoms with van der Waals surface area (Å²) in [7, 11) is 0. The summed E-state index contributed by atoms with van der Waals surface area (Å²) in [6.45, 7) is 9.15. The fourth-order valence-corrected chi connectivity index (χ4v) is 4.06. The van der Waals surface area contributed by atoms with E-state index in [0.29, 0.717) is 16.2 Å². The van der Waals surface area contributed by atoms with Gasteiger partial charge < -0.3 is 4.90 Å². The maximum absolute atomic E-state index is 12.8. The van der Waals surface area contributed by atoms with Crippen LogP contribution in [0.4, 0.5) is 4.39 Å². The lowest BCUT2D eigenvalue weighted by atomic mass is 10.0. The van der Waals surface area contributed by atoms with E-state index in [1.165, 1.54) is 12.1 Å². The Balaban J connectivity index is 1.95. The Morgan fingerprint density at radius 3 is 2.65 bits per heavy atom. The van der Waals surface area contributed by atoms with E-state index in [9.17, 15) is 9.18 Å². The normalized spacial score (nSPS) is 25.4. The van der Waals surface area contributed by atoms with Crippen molar-refractivity contribution in [3.05, 3.63) is 29.8 Å². The van der Waals surface area contributed by atoms with E-state index in [1.54, 1.807) is 0 Å². The third-order valence-electron chi connectivity index (χ3n) is 3.45. The van der Waals surface area contributed by atoms with Gasteiger partial charge in [-0.1, -0.05) is 20.8 Å². The van der Waals surface area contributed by atoms with Gasteiger partial charge in [-0.05, 0) is 12.1 Å². The highest BCUT2D eigenvalue weighted by atomic mass is 32.2. The monoisotopic (exact) mass is 296 g/mol. The SMILES string of the molecule is CC1CN(CC(C)C(=O)c2ccc(F)cn2)CC(C)S1. The molecule has 2 heterocycles. The average molecular weight is 296 g/mol. The maximum atomic E-state index is 12.8. The minimum atomic E-state index is -0.412. The lowest BCUT2D eigenvalue weighted by Crippen LogP contribution is -2.43. The van der Waals surface area contributed by atoms with Crippen molar-refractivity contribution < 1.29 is 9.18 Å². The molecule has 0 aromatic carbocycles. The van der Waals surface area contributed by atoms with Gasteiger partial charge in [0.15, 0.2) is 5.78 Å². The highest BCUT2D eigenvalue weighted by molar-refractivity contribution is 8.00. The Labute approximate surface area is 124 Å². The Morgan fingerprint density at radius 2 is 2.10 bits per heavy atom. The Bertz CT molecular complexity index is 455. The average Bonchev–Trinajstić information content (AvgIpc) is 2.37. The van der Waals surface area contributed by atoms with Gasteiger partial charge in [-0.3, -0.25) is 9.78 Å². The van der Waals surface area contributed by atoms with Crippen LogP contribution in [0.2, 0.25) is 0 Å². The van der Waals surface area contributed by atoms with E-state index in [0.717, 1.165) is 25.8 Å². The number of halogens is 1. The van der Waals surface area contributed by atoms with Crippen LogP contribution in [-0.2, 0) is 0 Å². The van der Waals surface area contributed by atoms with Crippen LogP contribution < -0.4 is 0 Å². The van der Waals surface area contributed by atoms with Crippen molar-refractivity contribution in [2.45, 2.75) is 31.3 Å². The first-order valence-corrected chi connectivity index (χ1v) is 7.93. The molecule has 110 valence electrons. The fourth-order valence-electron chi connectivity index (χ4n) is 2.68. The topological polar surface area (TPSA) is 33.2 Å². The molecule has 1 saturated heterocycles. The summed E-state index contributed by atoms with van der Waals surface area (Å²) in [6, 6.07) is 2.75. The number of Topliss-reactive ketones (excluding diaryl/α,β-unsaturated/α-hetero) is 1. The zero-order valence-corrected chi connectivity index (χ0v) is 13.0. The first-order chi connectivity index (χ1) is 9.45. The molecule has 1 fully saturated rings. The second-order valence-corrected chi connectivity index (χ2v) is 7.48. The fraction of sp³-hybridized carbons (Fsp3) is 0.600. The van der Waals surface area contributed by atoms with E-state index >= 15 is 0 Å². The molecule has 1 aromatic rings. The highest BCUT2D eigenvalue weighted by Gasteiger charge is 2.26. The van der Waals surface area contributed by atoms with Crippen LogP contribution in [0.3, 0.4) is 0 Å². The van der Waals surface area contributed by atoms with Crippen LogP contribution in [0, 0.1) is 11.7 Å². The van der Waals surface area contributed by atoms with Crippen molar-refractivity contribution in [2.75, 3.05) is 19.6 Å². The Morgan fingerprint density at radius 1 is 1.45 bits per heavy atom. The number of aromatic nitrogens is 1. The zero-order valence-electron chi connectivity index (χ0n) is 12.2. The molecule has 2 rings (SSSR count). The van der Waals surface area contributed by atoms with Crippen LogP contribution in [0.1, 0.15) is 31.3 Å². The molecular formula is C15H21FN2OS. The first-order valence-electron chi connectivity index (χ1n) is 6.99. The van der Waals surface area contributed by atoms with Gasteiger partial charge in [0.1, 0.15) is 11.5 Å². The van der Waals surface area contributed by atoms with Crippen LogP contribution in [0.25, 0.3) is 0 Å². The summed E-state index contributed by atoms with van der Waals surface area (Å²) >= 11 is 2.00. The predicted molar refractivity (Wildman–Crippen MR) is 80.6 cm³/mol. The van der Waals surface area contributed by atoms with Gasteiger partial charge in [0.05, 0.1) is 6.20 Å². The molecule has 0 amide bonds. The quantitative estimate of drug-likeness (QED) is 0.800. The van der Waals surface area contributed by atoms with Crippen LogP contribution >= 0.6 is 11.8 Å². The molecule has 1 aliphatic rings. The molecule has 0 saturated carbocycles. The number of pyridine rings is 1. The molecule has 20 heavy (non-hydrogen) atoms. The summed E-state index contributed by atoms with van der Waals surface area (Å²) < 4.78 is 12.8. The van der Waals surface area contributed by atoms with Crippen molar-refractivity contribution in [2.24, 2.45) is 5.92 Å². The molecule has 5 heteroatoms. The van der Waals surface area contributed by atoms with Gasteiger partial charge in [-0.2, -0.15) is 11.8 Å². The third-order valence-corrected chi connectivity index (χ3v) is 4.68. The number of rotatable bonds is 4. The Kier molecular flexibility index (Phi) is 5.16. The summed E-state index contributed by atoms with van der Waals surface area (Å²) in [4.78, 5) is 18.5. The minimum absolute atomic E-state index is 0.0106. The molecule has 0 N–H and O–H groups in total. The molecule has 1 aliphatic heterocycles. The van der Waals surface area contributed by atoms with E-state index in [1.807, 2.05) is 18.7 Å². The summed E-state index contributed by atoms with van der Waals surface area (Å²) in [5, 5.41) is 1.20. The molecule has 1 aromatic heterocycles. The van der Waals surface area contributed by atoms with Gasteiger partial charge >= 0.3 is 0 Å². The largest absolute Gasteiger partial charge is 0.300 e. The van der Waals surface area contributed by atoms with Crippen LogP contribution in [-0.4, -0.2) is 45.8 Å². The number of carbonyl (C=O) groups excluding carboxylic acids is 1. The smallest absolute Gasteiger partial charge is 0.185 e. The molecule has 0 radical (unpaired) electrons. The molecule has 0 aliphatic carbocycles. The number of hydrogen-bond donors (Lipinski definition) is 0. The third kappa shape index (κ3) is 4.03. The van der Waals surface area contributed by atoms with Crippen molar-refractivity contribution >= 4 is 17.5 Å². The number of hydrogen-bond acceptors (Lipinski definition) is 4. The minimum Gasteiger partial charge on any atom is -0.300 e. The number of thioether (sulfide) groups is 1. The molecule has 0 spiro atoms. The van der Waals surface area contributed by atoms with Gasteiger partial charge in [-0.25, -0.2) is 4.39 Å². The number of carbonyl (C=O) groups is 1. The van der Waals surface area contributed by atoms with E-state index in [-0.39, 0.29) is 11.7 Å². The molecule has 3 unspecified atom stereocenters. The lowest BCUT2D eigenvalue weighted by molar-refractivity contribution is 0.0887. The summed E-state index contributed by atoms with van der Waals surface area (Å²) in [5.41, 5.74) is 0.353. The second kappa shape index (κ2) is 6.68. The maximum Gasteiger partial charge on any atom is 0.185 e. The van der Waals surface area contributed by atoms with E-state index < -0.39 is 5.82 Å². The highest BCUT2D eigenvalue weighted by Crippen LogP contribution is 2.25. The van der Waals surface area contributed by atoms with Crippen molar-refractivity contribution in [3.63, 3.8) is 0 Å². The van der Waals surface area contributed by atoms with Gasteiger partial charge in [0.25, 0.3) is 0 Å². The summed E-state index contributed by atoms with van der Waals surface area (Å²) in [5.74, 6) is -0.538. The van der Waals surface area contributed by atoms with Gasteiger partial charge in [0.2, 0.25) is 0 Å². The Hall–Kier alpha value is -0.940. The van der Waals surface area contributed by atoms with E-state index in [2.05, 4.69) is 23.7 Å². The van der Waals surface area contributed by atoms with Crippen molar-refractivity contribution in [3.8, 4) is 0 Å². The molecule has 3 atom stereocenters. The van der Waals surface area contributed by atoms with Crippen molar-refractivity contribution in [1.29, 1.82) is 0 Å². The van der Waals surface area contributed by atoms with Crippen LogP contribution in [0.15, 0.2) is 18.3 Å². The zero-order chi connectivity index (χ0) is 14.7. The lowest BCUT2D eigenvalue weighted by Gasteiger charge is -2.35. The standard InChI is InChI=1S/C15H21FN2OS/c1-10(7-18-8-11(2)20-12(3)9-18)15(19)14-5-4-13(16)6-17-14/h4-6,10-12H,7-9H2,1-3H3. The molecule has 3 nitrogen and oxygen atoms in total. The van der Waals surface area contributed by atoms with Crippen molar-refractivity contribution in [1.82, 2.24) is 9.88 Å². The van der Waals surface area contributed by atoms with E-state index in [4.69, 9.17) is 0 Å². The first kappa shape index (κ1) is 15.4. The number of ketones is 1. The predicted octanol–water partition coefficient (Wildman–Crippen LogP) is 2.87. The molecule has 0 bridgehead atoms. The summed E-state index contributed by atoms with van der Waals surface area (Å²) in [6.07, 6.45) is 1.10. The van der Waals surface area contributed by atoms with Crippen LogP contribution in [0.5, 0.6) is 0 Å². The van der Waals surface area contributed by atoms with Gasteiger partial charge in [-0.15, -0.1) is 0 Å². The second-order valence-electron chi connectivity index (χ2n) is 5.60.